The lowest BCUT2D eigenvalue weighted by Crippen LogP contribution is -2.13. The summed E-state index contributed by atoms with van der Waals surface area (Å²) in [6.45, 7) is 0. The minimum atomic E-state index is -0.106. The molecule has 1 aliphatic carbocycles. The van der Waals surface area contributed by atoms with E-state index in [9.17, 15) is 4.79 Å². The van der Waals surface area contributed by atoms with Crippen molar-refractivity contribution in [3.63, 3.8) is 0 Å². The first-order valence-electron chi connectivity index (χ1n) is 8.33. The first-order chi connectivity index (χ1) is 12.2. The van der Waals surface area contributed by atoms with Crippen molar-refractivity contribution in [2.45, 2.75) is 31.7 Å². The second kappa shape index (κ2) is 7.01. The van der Waals surface area contributed by atoms with Gasteiger partial charge in [-0.05, 0) is 43.2 Å². The van der Waals surface area contributed by atoms with Gasteiger partial charge < -0.3 is 15.4 Å². The molecule has 0 saturated heterocycles. The monoisotopic (exact) mass is 373 g/mol. The first kappa shape index (κ1) is 16.4. The van der Waals surface area contributed by atoms with Gasteiger partial charge >= 0.3 is 0 Å². The van der Waals surface area contributed by atoms with Crippen molar-refractivity contribution in [2.75, 3.05) is 17.7 Å². The molecule has 0 radical (unpaired) electrons. The number of hydrogen-bond donors (Lipinski definition) is 2. The fourth-order valence-electron chi connectivity index (χ4n) is 3.02. The lowest BCUT2D eigenvalue weighted by atomic mass is 10.3. The van der Waals surface area contributed by atoms with Crippen molar-refractivity contribution >= 4 is 48.9 Å². The number of ether oxygens (including phenoxy) is 1. The molecule has 1 fully saturated rings. The Morgan fingerprint density at radius 2 is 1.96 bits per heavy atom. The number of fused-ring (bicyclic) bond motifs is 1. The Bertz CT molecular complexity index is 848. The Hall–Kier alpha value is -2.12. The van der Waals surface area contributed by atoms with Gasteiger partial charge in [0.05, 0.1) is 16.7 Å². The van der Waals surface area contributed by atoms with Gasteiger partial charge in [-0.2, -0.15) is 0 Å². The maximum Gasteiger partial charge on any atom is 0.265 e. The minimum Gasteiger partial charge on any atom is -0.497 e. The highest BCUT2D eigenvalue weighted by molar-refractivity contribution is 7.29. The minimum absolute atomic E-state index is 0.106. The molecule has 0 aliphatic heterocycles. The third-order valence-corrected chi connectivity index (χ3v) is 6.43. The van der Waals surface area contributed by atoms with E-state index >= 15 is 0 Å². The normalized spacial score (nSPS) is 14.8. The number of thiophene rings is 1. The van der Waals surface area contributed by atoms with Crippen molar-refractivity contribution in [3.8, 4) is 5.75 Å². The summed E-state index contributed by atoms with van der Waals surface area (Å²) in [5, 5.41) is 7.40. The molecule has 1 amide bonds. The maximum atomic E-state index is 12.4. The number of amides is 1. The van der Waals surface area contributed by atoms with E-state index in [1.807, 2.05) is 30.3 Å². The number of nitrogens with one attached hydrogen (secondary N) is 2. The highest BCUT2D eigenvalue weighted by atomic mass is 32.1. The Kier molecular flexibility index (Phi) is 4.59. The average Bonchev–Trinajstić information content (AvgIpc) is 3.32. The number of methoxy groups -OCH3 is 1. The van der Waals surface area contributed by atoms with Crippen LogP contribution in [0.15, 0.2) is 30.3 Å². The second-order valence-electron chi connectivity index (χ2n) is 6.11. The molecule has 1 aliphatic rings. The molecule has 1 aromatic carbocycles. The predicted molar refractivity (Wildman–Crippen MR) is 104 cm³/mol. The van der Waals surface area contributed by atoms with Gasteiger partial charge in [-0.1, -0.05) is 24.2 Å². The summed E-state index contributed by atoms with van der Waals surface area (Å²) in [7, 11) is 1.62. The molecule has 4 rings (SSSR count). The van der Waals surface area contributed by atoms with Gasteiger partial charge in [-0.15, -0.1) is 11.3 Å². The third kappa shape index (κ3) is 3.62. The quantitative estimate of drug-likeness (QED) is 0.662. The number of aromatic nitrogens is 1. The van der Waals surface area contributed by atoms with Crippen LogP contribution >= 0.6 is 22.7 Å². The molecular formula is C18H19N3O2S2. The molecule has 0 bridgehead atoms. The third-order valence-electron chi connectivity index (χ3n) is 4.34. The summed E-state index contributed by atoms with van der Waals surface area (Å²) in [6, 6.07) is 9.79. The van der Waals surface area contributed by atoms with Crippen LogP contribution in [-0.2, 0) is 0 Å². The Morgan fingerprint density at radius 3 is 2.64 bits per heavy atom. The van der Waals surface area contributed by atoms with Gasteiger partial charge in [0.1, 0.15) is 10.6 Å². The van der Waals surface area contributed by atoms with Gasteiger partial charge in [0.2, 0.25) is 0 Å². The highest BCUT2D eigenvalue weighted by Crippen LogP contribution is 2.34. The zero-order chi connectivity index (χ0) is 17.2. The molecule has 0 spiro atoms. The van der Waals surface area contributed by atoms with Crippen molar-refractivity contribution in [3.05, 3.63) is 35.2 Å². The van der Waals surface area contributed by atoms with E-state index in [2.05, 4.69) is 15.6 Å². The molecule has 25 heavy (non-hydrogen) atoms. The smallest absolute Gasteiger partial charge is 0.265 e. The van der Waals surface area contributed by atoms with E-state index in [0.29, 0.717) is 10.9 Å². The Morgan fingerprint density at radius 1 is 1.20 bits per heavy atom. The number of nitrogens with zero attached hydrogens (tertiary/aromatic N) is 1. The Labute approximate surface area is 154 Å². The molecule has 130 valence electrons. The fourth-order valence-corrected chi connectivity index (χ4v) is 5.11. The molecule has 2 aromatic heterocycles. The summed E-state index contributed by atoms with van der Waals surface area (Å²) in [4.78, 5) is 18.7. The van der Waals surface area contributed by atoms with Crippen molar-refractivity contribution in [1.82, 2.24) is 4.98 Å². The van der Waals surface area contributed by atoms with Gasteiger partial charge in [-0.25, -0.2) is 4.98 Å². The zero-order valence-electron chi connectivity index (χ0n) is 13.9. The summed E-state index contributed by atoms with van der Waals surface area (Å²) in [5.74, 6) is 0.659. The van der Waals surface area contributed by atoms with Gasteiger partial charge in [0, 0.05) is 11.7 Å². The summed E-state index contributed by atoms with van der Waals surface area (Å²) < 4.78 is 6.18. The largest absolute Gasteiger partial charge is 0.497 e. The van der Waals surface area contributed by atoms with Crippen LogP contribution in [-0.4, -0.2) is 24.0 Å². The van der Waals surface area contributed by atoms with E-state index in [1.54, 1.807) is 18.4 Å². The van der Waals surface area contributed by atoms with Crippen LogP contribution in [0.4, 0.5) is 10.8 Å². The lowest BCUT2D eigenvalue weighted by Gasteiger charge is -2.09. The molecule has 0 atom stereocenters. The number of carbonyl (C=O) groups excluding carboxylic acids is 1. The predicted octanol–water partition coefficient (Wildman–Crippen LogP) is 4.97. The van der Waals surface area contributed by atoms with Crippen molar-refractivity contribution in [2.24, 2.45) is 0 Å². The fraction of sp³-hybridized carbons (Fsp3) is 0.333. The van der Waals surface area contributed by atoms with Gasteiger partial charge in [0.25, 0.3) is 5.91 Å². The summed E-state index contributed by atoms with van der Waals surface area (Å²) in [6.07, 6.45) is 5.05. The van der Waals surface area contributed by atoms with E-state index in [-0.39, 0.29) is 5.91 Å². The number of anilines is 2. The van der Waals surface area contributed by atoms with Crippen molar-refractivity contribution < 1.29 is 9.53 Å². The second-order valence-corrected chi connectivity index (χ2v) is 8.17. The molecule has 3 aromatic rings. The van der Waals surface area contributed by atoms with Crippen LogP contribution < -0.4 is 15.4 Å². The van der Waals surface area contributed by atoms with Crippen LogP contribution in [0.1, 0.15) is 35.4 Å². The van der Waals surface area contributed by atoms with Gasteiger partial charge in [0.15, 0.2) is 5.13 Å². The Balaban J connectivity index is 1.45. The maximum absolute atomic E-state index is 12.4. The van der Waals surface area contributed by atoms with E-state index < -0.39 is 0 Å². The van der Waals surface area contributed by atoms with E-state index in [0.717, 1.165) is 26.1 Å². The average molecular weight is 374 g/mol. The lowest BCUT2D eigenvalue weighted by molar-refractivity contribution is 0.103. The molecule has 1 saturated carbocycles. The van der Waals surface area contributed by atoms with Crippen LogP contribution in [0.2, 0.25) is 0 Å². The summed E-state index contributed by atoms with van der Waals surface area (Å²) in [5.41, 5.74) is 0.749. The molecular weight excluding hydrogens is 354 g/mol. The number of thiazole rings is 1. The first-order valence-corrected chi connectivity index (χ1v) is 9.97. The van der Waals surface area contributed by atoms with Crippen LogP contribution in [0, 0.1) is 0 Å². The summed E-state index contributed by atoms with van der Waals surface area (Å²) >= 11 is 3.06. The standard InChI is InChI=1S/C18H19N3O2S2/c1-23-13-8-6-12(7-9-13)19-16(22)14-10-15-17(24-14)21-18(25-15)20-11-4-2-3-5-11/h6-11H,2-5H2,1H3,(H,19,22)(H,20,21). The zero-order valence-corrected chi connectivity index (χ0v) is 15.5. The number of hydrogen-bond acceptors (Lipinski definition) is 6. The van der Waals surface area contributed by atoms with Crippen LogP contribution in [0.25, 0.3) is 9.53 Å². The van der Waals surface area contributed by atoms with Gasteiger partial charge in [-0.3, -0.25) is 4.79 Å². The molecule has 5 nitrogen and oxygen atoms in total. The number of benzene rings is 1. The van der Waals surface area contributed by atoms with Crippen LogP contribution in [0.5, 0.6) is 5.75 Å². The molecule has 2 heterocycles. The molecule has 2 N–H and O–H groups in total. The van der Waals surface area contributed by atoms with E-state index in [4.69, 9.17) is 4.74 Å². The topological polar surface area (TPSA) is 63.2 Å². The number of rotatable bonds is 5. The number of carbonyl (C=O) groups is 1. The SMILES string of the molecule is COc1ccc(NC(=O)c2cc3sc(NC4CCCC4)nc3s2)cc1. The van der Waals surface area contributed by atoms with E-state index in [1.165, 1.54) is 37.0 Å². The van der Waals surface area contributed by atoms with Crippen LogP contribution in [0.3, 0.4) is 0 Å². The molecule has 0 unspecified atom stereocenters. The highest BCUT2D eigenvalue weighted by Gasteiger charge is 2.18. The van der Waals surface area contributed by atoms with Crippen molar-refractivity contribution in [1.29, 1.82) is 0 Å². The molecule has 7 heteroatoms.